The van der Waals surface area contributed by atoms with Crippen molar-refractivity contribution in [3.63, 3.8) is 0 Å². The highest BCUT2D eigenvalue weighted by molar-refractivity contribution is 5.96. The van der Waals surface area contributed by atoms with Gasteiger partial charge in [0.2, 0.25) is 0 Å². The number of carbonyl (C=O) groups excluding carboxylic acids is 4. The Morgan fingerprint density at radius 2 is 1.37 bits per heavy atom. The number of carboxylic acids is 1. The van der Waals surface area contributed by atoms with E-state index in [4.69, 9.17) is 19.3 Å². The van der Waals surface area contributed by atoms with Crippen molar-refractivity contribution >= 4 is 29.7 Å². The molecular formula is C21H26O9. The summed E-state index contributed by atoms with van der Waals surface area (Å²) < 4.78 is 14.7. The molecule has 0 aliphatic rings. The van der Waals surface area contributed by atoms with E-state index in [-0.39, 0.29) is 50.2 Å². The van der Waals surface area contributed by atoms with Crippen LogP contribution in [-0.2, 0) is 28.6 Å². The lowest BCUT2D eigenvalue weighted by molar-refractivity contribution is -0.149. The standard InChI is InChI=1S/C21H26O9/c1-2-3-4-11-28-19(24)14-17(22)9-10-18(23)29-12-13-30-21(27)16-7-5-15(6-8-16)20(25)26/h5-8H,2-4,9-14H2,1H3,(H,25,26). The monoisotopic (exact) mass is 422 g/mol. The van der Waals surface area contributed by atoms with Crippen molar-refractivity contribution in [2.45, 2.75) is 45.4 Å². The lowest BCUT2D eigenvalue weighted by Crippen LogP contribution is -2.16. The van der Waals surface area contributed by atoms with Gasteiger partial charge in [0.05, 0.1) is 24.2 Å². The van der Waals surface area contributed by atoms with Gasteiger partial charge in [0.15, 0.2) is 0 Å². The first-order valence-corrected chi connectivity index (χ1v) is 9.67. The van der Waals surface area contributed by atoms with Crippen LogP contribution in [0.3, 0.4) is 0 Å². The average molecular weight is 422 g/mol. The van der Waals surface area contributed by atoms with Crippen LogP contribution < -0.4 is 0 Å². The van der Waals surface area contributed by atoms with Gasteiger partial charge in [-0.15, -0.1) is 0 Å². The minimum absolute atomic E-state index is 0.0415. The van der Waals surface area contributed by atoms with E-state index in [0.29, 0.717) is 0 Å². The minimum atomic E-state index is -1.11. The highest BCUT2D eigenvalue weighted by Crippen LogP contribution is 2.06. The zero-order valence-electron chi connectivity index (χ0n) is 16.9. The summed E-state index contributed by atoms with van der Waals surface area (Å²) in [6, 6.07) is 5.18. The number of ether oxygens (including phenoxy) is 3. The zero-order valence-corrected chi connectivity index (χ0v) is 16.9. The molecule has 0 bridgehead atoms. The summed E-state index contributed by atoms with van der Waals surface area (Å²) in [5.74, 6) is -3.46. The molecule has 30 heavy (non-hydrogen) atoms. The topological polar surface area (TPSA) is 133 Å². The first kappa shape index (κ1) is 24.8. The molecule has 0 aliphatic heterocycles. The SMILES string of the molecule is CCCCCOC(=O)CC(=O)CCC(=O)OCCOC(=O)c1ccc(C(=O)O)cc1. The van der Waals surface area contributed by atoms with Crippen LogP contribution in [-0.4, -0.2) is 54.6 Å². The van der Waals surface area contributed by atoms with Crippen molar-refractivity contribution in [2.24, 2.45) is 0 Å². The number of aromatic carboxylic acids is 1. The van der Waals surface area contributed by atoms with Gasteiger partial charge in [-0.3, -0.25) is 14.4 Å². The highest BCUT2D eigenvalue weighted by Gasteiger charge is 2.14. The molecule has 1 aromatic rings. The molecule has 9 nitrogen and oxygen atoms in total. The third-order valence-corrected chi connectivity index (χ3v) is 3.91. The van der Waals surface area contributed by atoms with Gasteiger partial charge in [0, 0.05) is 6.42 Å². The molecule has 0 unspecified atom stereocenters. The fraction of sp³-hybridized carbons (Fsp3) is 0.476. The van der Waals surface area contributed by atoms with Crippen LogP contribution in [0.5, 0.6) is 0 Å². The maximum Gasteiger partial charge on any atom is 0.338 e. The minimum Gasteiger partial charge on any atom is -0.478 e. The number of benzene rings is 1. The molecule has 0 aliphatic carbocycles. The fourth-order valence-electron chi connectivity index (χ4n) is 2.27. The number of Topliss-reactive ketones (excluding diaryl/α,β-unsaturated/α-hetero) is 1. The third kappa shape index (κ3) is 10.4. The second kappa shape index (κ2) is 13.9. The van der Waals surface area contributed by atoms with Gasteiger partial charge >= 0.3 is 23.9 Å². The Kier molecular flexibility index (Phi) is 11.5. The number of hydrogen-bond acceptors (Lipinski definition) is 8. The molecule has 0 saturated heterocycles. The van der Waals surface area contributed by atoms with Crippen molar-refractivity contribution in [1.29, 1.82) is 0 Å². The highest BCUT2D eigenvalue weighted by atomic mass is 16.6. The molecule has 0 heterocycles. The normalized spacial score (nSPS) is 10.2. The first-order chi connectivity index (χ1) is 14.3. The van der Waals surface area contributed by atoms with Gasteiger partial charge in [-0.1, -0.05) is 19.8 Å². The number of rotatable bonds is 14. The number of hydrogen-bond donors (Lipinski definition) is 1. The lowest BCUT2D eigenvalue weighted by Gasteiger charge is -2.07. The molecule has 0 spiro atoms. The van der Waals surface area contributed by atoms with Gasteiger partial charge in [-0.25, -0.2) is 9.59 Å². The predicted octanol–water partition coefficient (Wildman–Crippen LogP) is 2.56. The predicted molar refractivity (Wildman–Crippen MR) is 104 cm³/mol. The summed E-state index contributed by atoms with van der Waals surface area (Å²) in [4.78, 5) is 57.3. The van der Waals surface area contributed by atoms with Crippen LogP contribution in [0, 0.1) is 0 Å². The van der Waals surface area contributed by atoms with Gasteiger partial charge < -0.3 is 19.3 Å². The Bertz CT molecular complexity index is 737. The van der Waals surface area contributed by atoms with Gasteiger partial charge in [-0.2, -0.15) is 0 Å². The van der Waals surface area contributed by atoms with Crippen molar-refractivity contribution < 1.29 is 43.3 Å². The Balaban J connectivity index is 2.16. The van der Waals surface area contributed by atoms with Crippen LogP contribution in [0.15, 0.2) is 24.3 Å². The second-order valence-corrected chi connectivity index (χ2v) is 6.38. The van der Waals surface area contributed by atoms with E-state index in [1.807, 2.05) is 6.92 Å². The van der Waals surface area contributed by atoms with Crippen molar-refractivity contribution in [2.75, 3.05) is 19.8 Å². The van der Waals surface area contributed by atoms with Crippen LogP contribution in [0.1, 0.15) is 66.2 Å². The molecule has 1 aromatic carbocycles. The molecule has 164 valence electrons. The quantitative estimate of drug-likeness (QED) is 0.208. The molecular weight excluding hydrogens is 396 g/mol. The van der Waals surface area contributed by atoms with Crippen LogP contribution in [0.4, 0.5) is 0 Å². The Morgan fingerprint density at radius 1 is 0.767 bits per heavy atom. The van der Waals surface area contributed by atoms with Gasteiger partial charge in [-0.05, 0) is 30.7 Å². The number of ketones is 1. The maximum atomic E-state index is 11.8. The van der Waals surface area contributed by atoms with Crippen LogP contribution >= 0.6 is 0 Å². The molecule has 0 amide bonds. The molecule has 9 heteroatoms. The molecule has 0 fully saturated rings. The van der Waals surface area contributed by atoms with Crippen molar-refractivity contribution in [3.8, 4) is 0 Å². The van der Waals surface area contributed by atoms with Crippen LogP contribution in [0.2, 0.25) is 0 Å². The van der Waals surface area contributed by atoms with E-state index >= 15 is 0 Å². The Morgan fingerprint density at radius 3 is 2.00 bits per heavy atom. The molecule has 0 aromatic heterocycles. The van der Waals surface area contributed by atoms with E-state index in [2.05, 4.69) is 0 Å². The first-order valence-electron chi connectivity index (χ1n) is 9.67. The largest absolute Gasteiger partial charge is 0.478 e. The summed E-state index contributed by atoms with van der Waals surface area (Å²) in [6.07, 6.45) is 1.99. The smallest absolute Gasteiger partial charge is 0.338 e. The summed E-state index contributed by atoms with van der Waals surface area (Å²) >= 11 is 0. The number of esters is 3. The van der Waals surface area contributed by atoms with E-state index in [0.717, 1.165) is 19.3 Å². The van der Waals surface area contributed by atoms with Crippen molar-refractivity contribution in [1.82, 2.24) is 0 Å². The second-order valence-electron chi connectivity index (χ2n) is 6.38. The van der Waals surface area contributed by atoms with Crippen LogP contribution in [0.25, 0.3) is 0 Å². The molecule has 0 radical (unpaired) electrons. The maximum absolute atomic E-state index is 11.8. The van der Waals surface area contributed by atoms with Crippen molar-refractivity contribution in [3.05, 3.63) is 35.4 Å². The number of carboxylic acid groups (broad SMARTS) is 1. The number of unbranched alkanes of at least 4 members (excludes halogenated alkanes) is 2. The lowest BCUT2D eigenvalue weighted by atomic mass is 10.1. The van der Waals surface area contributed by atoms with E-state index in [1.54, 1.807) is 0 Å². The molecule has 0 atom stereocenters. The molecule has 1 N–H and O–H groups in total. The fourth-order valence-corrected chi connectivity index (χ4v) is 2.27. The summed E-state index contributed by atoms with van der Waals surface area (Å²) in [7, 11) is 0. The number of carbonyl (C=O) groups is 5. The van der Waals surface area contributed by atoms with Gasteiger partial charge in [0.25, 0.3) is 0 Å². The summed E-state index contributed by atoms with van der Waals surface area (Å²) in [5, 5.41) is 8.80. The third-order valence-electron chi connectivity index (χ3n) is 3.91. The van der Waals surface area contributed by atoms with E-state index in [1.165, 1.54) is 24.3 Å². The average Bonchev–Trinajstić information content (AvgIpc) is 2.72. The Labute approximate surface area is 174 Å². The van der Waals surface area contributed by atoms with E-state index < -0.39 is 29.7 Å². The summed E-state index contributed by atoms with van der Waals surface area (Å²) in [6.45, 7) is 1.93. The zero-order chi connectivity index (χ0) is 22.4. The molecule has 1 rings (SSSR count). The van der Waals surface area contributed by atoms with E-state index in [9.17, 15) is 24.0 Å². The molecule has 0 saturated carbocycles. The Hall–Kier alpha value is -3.23. The van der Waals surface area contributed by atoms with Gasteiger partial charge in [0.1, 0.15) is 25.4 Å². The summed E-state index contributed by atoms with van der Waals surface area (Å²) in [5.41, 5.74) is 0.207.